The number of benzene rings is 1. The topological polar surface area (TPSA) is 0 Å². The number of hydrogen-bond acceptors (Lipinski definition) is 0. The van der Waals surface area contributed by atoms with Crippen LogP contribution in [-0.4, -0.2) is 23.1 Å². The van der Waals surface area contributed by atoms with E-state index in [1.807, 2.05) is 24.3 Å². The molecule has 13 heavy (non-hydrogen) atoms. The fourth-order valence-electron chi connectivity index (χ4n) is 0.829. The van der Waals surface area contributed by atoms with Crippen LogP contribution in [0.3, 0.4) is 0 Å². The molecule has 0 spiro atoms. The molecule has 68 valence electrons. The monoisotopic (exact) mass is 254 g/mol. The molecule has 0 atom stereocenters. The molecule has 0 bridgehead atoms. The van der Waals surface area contributed by atoms with Gasteiger partial charge in [0.15, 0.2) is 0 Å². The van der Waals surface area contributed by atoms with Crippen molar-refractivity contribution in [2.75, 3.05) is 0 Å². The van der Waals surface area contributed by atoms with Crippen LogP contribution in [0.1, 0.15) is 19.4 Å². The second kappa shape index (κ2) is 10.2. The fourth-order valence-corrected chi connectivity index (χ4v) is 0.829. The third-order valence-electron chi connectivity index (χ3n) is 1.20. The van der Waals surface area contributed by atoms with Gasteiger partial charge in [0, 0.05) is 0 Å². The minimum Gasteiger partial charge on any atom is -1.00 e. The van der Waals surface area contributed by atoms with Gasteiger partial charge >= 0.3 is 23.1 Å². The Morgan fingerprint density at radius 1 is 1.23 bits per heavy atom. The van der Waals surface area contributed by atoms with Gasteiger partial charge in [0.1, 0.15) is 0 Å². The van der Waals surface area contributed by atoms with E-state index in [9.17, 15) is 0 Å². The zero-order valence-corrected chi connectivity index (χ0v) is 11.0. The van der Waals surface area contributed by atoms with E-state index in [-0.39, 0.29) is 44.7 Å². The molecule has 0 radical (unpaired) electrons. The minimum absolute atomic E-state index is 0. The van der Waals surface area contributed by atoms with Crippen LogP contribution in [0, 0.1) is 6.07 Å². The zero-order chi connectivity index (χ0) is 7.40. The second-order valence-electron chi connectivity index (χ2n) is 2.56. The van der Waals surface area contributed by atoms with E-state index in [1.54, 1.807) is 0 Å². The fraction of sp³-hybridized carbons (Fsp3) is 0.200. The van der Waals surface area contributed by atoms with Crippen LogP contribution in [0.4, 0.5) is 0 Å². The average molecular weight is 255 g/mol. The van der Waals surface area contributed by atoms with Crippen molar-refractivity contribution in [2.45, 2.75) is 13.8 Å². The first-order chi connectivity index (χ1) is 4.79. The maximum atomic E-state index is 2.98. The molecule has 1 aromatic carbocycles. The second-order valence-corrected chi connectivity index (χ2v) is 2.56. The van der Waals surface area contributed by atoms with Crippen molar-refractivity contribution in [3.63, 3.8) is 0 Å². The van der Waals surface area contributed by atoms with Gasteiger partial charge in [-0.1, -0.05) is 11.6 Å². The molecular weight excluding hydrogens is 243 g/mol. The number of allylic oxidation sites excluding steroid dienone is 1. The molecule has 0 aromatic heterocycles. The largest absolute Gasteiger partial charge is 2.00 e. The first kappa shape index (κ1) is 18.8. The molecule has 0 amide bonds. The predicted octanol–water partition coefficient (Wildman–Crippen LogP) is 0.111. The summed E-state index contributed by atoms with van der Waals surface area (Å²) < 4.78 is 0. The van der Waals surface area contributed by atoms with Gasteiger partial charge < -0.3 is 4.70 Å². The van der Waals surface area contributed by atoms with E-state index in [0.717, 1.165) is 0 Å². The Labute approximate surface area is 106 Å². The number of rotatable bonds is 1. The van der Waals surface area contributed by atoms with Crippen molar-refractivity contribution in [2.24, 2.45) is 0 Å². The number of hydrogen-bond donors (Lipinski definition) is 0. The van der Waals surface area contributed by atoms with Crippen LogP contribution in [-0.2, 0) is 0 Å². The molecule has 0 N–H and O–H groups in total. The Balaban J connectivity index is -0.000000333. The van der Waals surface area contributed by atoms with Gasteiger partial charge in [-0.15, -0.1) is 22.5 Å². The van der Waals surface area contributed by atoms with Crippen LogP contribution in [0.2, 0.25) is 0 Å². The third kappa shape index (κ3) is 8.47. The van der Waals surface area contributed by atoms with E-state index < -0.39 is 0 Å². The Morgan fingerprint density at radius 3 is 2.08 bits per heavy atom. The van der Waals surface area contributed by atoms with Gasteiger partial charge in [0.25, 0.3) is 0 Å². The first-order valence-electron chi connectivity index (χ1n) is 3.40. The summed E-state index contributed by atoms with van der Waals surface area (Å²) in [5.74, 6) is 0. The van der Waals surface area contributed by atoms with Crippen molar-refractivity contribution < 1.29 is 4.70 Å². The summed E-state index contributed by atoms with van der Waals surface area (Å²) in [5.41, 5.74) is 2.57. The van der Waals surface area contributed by atoms with E-state index in [1.165, 1.54) is 11.1 Å². The maximum Gasteiger partial charge on any atom is 2.00 e. The van der Waals surface area contributed by atoms with Crippen molar-refractivity contribution >= 4 is 46.1 Å². The number of halogens is 2. The normalized spacial score (nSPS) is 6.92. The zero-order valence-electron chi connectivity index (χ0n) is 7.88. The Kier molecular flexibility index (Phi) is 14.8. The van der Waals surface area contributed by atoms with Gasteiger partial charge in [-0.25, -0.2) is 0 Å². The van der Waals surface area contributed by atoms with Crippen LogP contribution in [0.25, 0.3) is 6.08 Å². The van der Waals surface area contributed by atoms with Gasteiger partial charge in [-0.2, -0.15) is 30.3 Å². The molecule has 0 aliphatic carbocycles. The summed E-state index contributed by atoms with van der Waals surface area (Å²) in [7, 11) is 0. The van der Waals surface area contributed by atoms with Crippen LogP contribution in [0.5, 0.6) is 0 Å². The van der Waals surface area contributed by atoms with Crippen molar-refractivity contribution in [3.05, 3.63) is 41.5 Å². The smallest absolute Gasteiger partial charge is 1.00 e. The molecule has 0 heterocycles. The van der Waals surface area contributed by atoms with Crippen molar-refractivity contribution in [3.8, 4) is 0 Å². The molecule has 0 saturated carbocycles. The molecule has 1 rings (SSSR count). The molecule has 0 saturated heterocycles. The van der Waals surface area contributed by atoms with E-state index in [0.29, 0.717) is 0 Å². The predicted molar refractivity (Wildman–Crippen MR) is 60.7 cm³/mol. The maximum absolute atomic E-state index is 2.98. The van der Waals surface area contributed by atoms with Gasteiger partial charge in [-0.05, 0) is 13.8 Å². The van der Waals surface area contributed by atoms with Crippen molar-refractivity contribution in [1.82, 2.24) is 0 Å². The van der Waals surface area contributed by atoms with Gasteiger partial charge in [0.05, 0.1) is 0 Å². The van der Waals surface area contributed by atoms with Gasteiger partial charge in [-0.3, -0.25) is 0 Å². The molecule has 3 heteroatoms. The Bertz CT molecular complexity index is 230. The van der Waals surface area contributed by atoms with Crippen molar-refractivity contribution in [1.29, 1.82) is 0 Å². The van der Waals surface area contributed by atoms with E-state index in [2.05, 4.69) is 26.0 Å². The molecular formula is C10H12BrFMg. The molecule has 0 nitrogen and oxygen atoms in total. The first-order valence-corrected chi connectivity index (χ1v) is 3.40. The van der Waals surface area contributed by atoms with Crippen LogP contribution >= 0.6 is 17.0 Å². The summed E-state index contributed by atoms with van der Waals surface area (Å²) in [6.07, 6.45) is 2.15. The summed E-state index contributed by atoms with van der Waals surface area (Å²) in [6.45, 7) is 4.19. The minimum atomic E-state index is 0. The molecule has 1 aromatic rings. The Hall–Kier alpha value is 0.136. The summed E-state index contributed by atoms with van der Waals surface area (Å²) in [6, 6.07) is 10.9. The third-order valence-corrected chi connectivity index (χ3v) is 1.20. The quantitative estimate of drug-likeness (QED) is 0.494. The summed E-state index contributed by atoms with van der Waals surface area (Å²) in [5, 5.41) is 0. The Morgan fingerprint density at radius 2 is 1.69 bits per heavy atom. The molecule has 0 fully saturated rings. The summed E-state index contributed by atoms with van der Waals surface area (Å²) in [4.78, 5) is 0. The van der Waals surface area contributed by atoms with Gasteiger partial charge in [0.2, 0.25) is 0 Å². The summed E-state index contributed by atoms with van der Waals surface area (Å²) >= 11 is 0. The molecule has 0 aliphatic heterocycles. The average Bonchev–Trinajstić information content (AvgIpc) is 1.88. The van der Waals surface area contributed by atoms with Crippen LogP contribution in [0.15, 0.2) is 29.8 Å². The van der Waals surface area contributed by atoms with E-state index in [4.69, 9.17) is 0 Å². The molecule has 0 aliphatic rings. The standard InChI is InChI=1S/C10H11.BrH.FH.Mg/c1-9(2)8-10-6-4-3-5-7-10;;;/h4-8H,1-2H3;2*1H;/q-1;;;+2/p-1. The molecule has 0 unspecified atom stereocenters. The SMILES string of the molecule is Br.CC(C)=Cc1cc[c-]cc1.[F-].[Mg+2]. The van der Waals surface area contributed by atoms with Crippen LogP contribution < -0.4 is 4.70 Å². The van der Waals surface area contributed by atoms with E-state index >= 15 is 0 Å².